The average Bonchev–Trinajstić information content (AvgIpc) is 3.64. The van der Waals surface area contributed by atoms with Crippen molar-refractivity contribution in [2.45, 2.75) is 11.1 Å². The van der Waals surface area contributed by atoms with Crippen LogP contribution in [0.5, 0.6) is 0 Å². The fourth-order valence-corrected chi connectivity index (χ4v) is 4.20. The summed E-state index contributed by atoms with van der Waals surface area (Å²) < 4.78 is 53.0. The van der Waals surface area contributed by atoms with Crippen LogP contribution in [0.25, 0.3) is 21.8 Å². The number of nitrogens with two attached hydrogens (primary N) is 1. The zero-order valence-electron chi connectivity index (χ0n) is 23.2. The SMILES string of the molecule is CNc1ccc2[nH]nc(Nc3cc(Nc4ccc5[nH]ncc5c4)ncn3)c2c1.NS(=O)(=O)c1ccccc1.O=C(O)C(F)(F)F. The van der Waals surface area contributed by atoms with E-state index in [1.807, 2.05) is 49.5 Å². The van der Waals surface area contributed by atoms with Gasteiger partial charge in [-0.3, -0.25) is 10.2 Å². The van der Waals surface area contributed by atoms with E-state index in [9.17, 15) is 21.6 Å². The van der Waals surface area contributed by atoms with Gasteiger partial charge in [0.2, 0.25) is 10.0 Å². The largest absolute Gasteiger partial charge is 0.490 e. The van der Waals surface area contributed by atoms with Gasteiger partial charge in [0.05, 0.1) is 22.1 Å². The van der Waals surface area contributed by atoms with E-state index in [4.69, 9.17) is 15.0 Å². The molecule has 0 aliphatic carbocycles. The lowest BCUT2D eigenvalue weighted by Crippen LogP contribution is -2.21. The van der Waals surface area contributed by atoms with Gasteiger partial charge in [-0.15, -0.1) is 0 Å². The van der Waals surface area contributed by atoms with E-state index >= 15 is 0 Å². The molecular formula is C27H25F3N10O4S. The summed E-state index contributed by atoms with van der Waals surface area (Å²) in [4.78, 5) is 17.6. The number of fused-ring (bicyclic) bond motifs is 2. The van der Waals surface area contributed by atoms with Crippen molar-refractivity contribution in [1.82, 2.24) is 30.4 Å². The summed E-state index contributed by atoms with van der Waals surface area (Å²) in [6.07, 6.45) is -1.79. The Morgan fingerprint density at radius 3 is 2.16 bits per heavy atom. The molecule has 0 bridgehead atoms. The summed E-state index contributed by atoms with van der Waals surface area (Å²) >= 11 is 0. The van der Waals surface area contributed by atoms with E-state index in [0.717, 1.165) is 33.2 Å². The maximum Gasteiger partial charge on any atom is 0.490 e. The van der Waals surface area contributed by atoms with Crippen LogP contribution in [0.3, 0.4) is 0 Å². The Hall–Kier alpha value is -5.75. The summed E-state index contributed by atoms with van der Waals surface area (Å²) in [5.74, 6) is -0.731. The minimum atomic E-state index is -5.08. The molecule has 0 aliphatic heterocycles. The molecule has 3 aromatic carbocycles. The average molecular weight is 643 g/mol. The highest BCUT2D eigenvalue weighted by Gasteiger charge is 2.38. The van der Waals surface area contributed by atoms with Crippen LogP contribution in [-0.4, -0.2) is 63.1 Å². The topological polar surface area (TPSA) is 217 Å². The minimum Gasteiger partial charge on any atom is -0.475 e. The van der Waals surface area contributed by atoms with Crippen LogP contribution in [0, 0.1) is 0 Å². The van der Waals surface area contributed by atoms with Gasteiger partial charge < -0.3 is 21.1 Å². The third-order valence-electron chi connectivity index (χ3n) is 5.79. The number of primary sulfonamides is 1. The zero-order chi connectivity index (χ0) is 32.6. The number of aliphatic carboxylic acids is 1. The maximum absolute atomic E-state index is 10.6. The van der Waals surface area contributed by atoms with Crippen molar-refractivity contribution in [3.63, 3.8) is 0 Å². The Labute approximate surface area is 253 Å². The van der Waals surface area contributed by atoms with Crippen LogP contribution >= 0.6 is 0 Å². The number of sulfonamides is 1. The van der Waals surface area contributed by atoms with E-state index in [1.54, 1.807) is 24.4 Å². The van der Waals surface area contributed by atoms with Crippen LogP contribution in [0.4, 0.5) is 42.0 Å². The van der Waals surface area contributed by atoms with Crippen molar-refractivity contribution in [2.24, 2.45) is 5.14 Å². The molecule has 0 amide bonds. The van der Waals surface area contributed by atoms with Gasteiger partial charge in [-0.1, -0.05) is 18.2 Å². The second kappa shape index (κ2) is 13.7. The number of hydrogen-bond acceptors (Lipinski definition) is 10. The number of carboxylic acid groups (broad SMARTS) is 1. The summed E-state index contributed by atoms with van der Waals surface area (Å²) in [5, 5.41) is 38.0. The van der Waals surface area contributed by atoms with Gasteiger partial charge in [-0.05, 0) is 48.5 Å². The molecule has 0 unspecified atom stereocenters. The lowest BCUT2D eigenvalue weighted by Gasteiger charge is -2.08. The fraction of sp³-hybridized carbons (Fsp3) is 0.0741. The molecule has 6 rings (SSSR count). The van der Waals surface area contributed by atoms with Crippen molar-refractivity contribution in [3.8, 4) is 0 Å². The molecule has 0 radical (unpaired) electrons. The molecule has 0 aliphatic rings. The molecule has 18 heteroatoms. The van der Waals surface area contributed by atoms with Crippen LogP contribution in [0.2, 0.25) is 0 Å². The number of carboxylic acids is 1. The number of nitrogens with zero attached hydrogens (tertiary/aromatic N) is 4. The van der Waals surface area contributed by atoms with Crippen LogP contribution < -0.4 is 21.1 Å². The molecular weight excluding hydrogens is 617 g/mol. The van der Waals surface area contributed by atoms with Crippen LogP contribution in [0.1, 0.15) is 0 Å². The second-order valence-electron chi connectivity index (χ2n) is 8.95. The number of benzene rings is 3. The van der Waals surface area contributed by atoms with E-state index in [-0.39, 0.29) is 4.90 Å². The van der Waals surface area contributed by atoms with Crippen molar-refractivity contribution in [2.75, 3.05) is 23.0 Å². The summed E-state index contributed by atoms with van der Waals surface area (Å²) in [6.45, 7) is 0. The van der Waals surface area contributed by atoms with Gasteiger partial charge in [0.25, 0.3) is 0 Å². The Morgan fingerprint density at radius 2 is 1.53 bits per heavy atom. The summed E-state index contributed by atoms with van der Waals surface area (Å²) in [6, 6.07) is 21.7. The zero-order valence-corrected chi connectivity index (χ0v) is 24.0. The van der Waals surface area contributed by atoms with Gasteiger partial charge in [0.15, 0.2) is 5.82 Å². The second-order valence-corrected chi connectivity index (χ2v) is 10.5. The Kier molecular flexibility index (Phi) is 9.79. The monoisotopic (exact) mass is 642 g/mol. The highest BCUT2D eigenvalue weighted by molar-refractivity contribution is 7.89. The molecule has 6 aromatic rings. The predicted molar refractivity (Wildman–Crippen MR) is 162 cm³/mol. The highest BCUT2D eigenvalue weighted by Crippen LogP contribution is 2.27. The van der Waals surface area contributed by atoms with E-state index in [1.165, 1.54) is 18.5 Å². The number of carbonyl (C=O) groups is 1. The number of hydrogen-bond donors (Lipinski definition) is 7. The molecule has 234 valence electrons. The number of alkyl halides is 3. The highest BCUT2D eigenvalue weighted by atomic mass is 32.2. The number of aromatic nitrogens is 6. The first-order valence-electron chi connectivity index (χ1n) is 12.7. The first-order valence-corrected chi connectivity index (χ1v) is 14.2. The molecule has 0 saturated carbocycles. The third kappa shape index (κ3) is 8.88. The van der Waals surface area contributed by atoms with Gasteiger partial charge in [-0.25, -0.2) is 28.3 Å². The third-order valence-corrected chi connectivity index (χ3v) is 6.72. The van der Waals surface area contributed by atoms with Crippen molar-refractivity contribution < 1.29 is 31.5 Å². The van der Waals surface area contributed by atoms with Gasteiger partial charge >= 0.3 is 12.1 Å². The van der Waals surface area contributed by atoms with Crippen molar-refractivity contribution >= 4 is 66.6 Å². The molecule has 0 spiro atoms. The standard InChI is InChI=1S/C19H17N9.C6H7NO2S.C2HF3O2/c1-20-12-2-5-16-14(7-12)19(28-27-16)25-18-8-17(21-10-22-18)24-13-3-4-15-11(6-13)9-23-26-15;7-10(8,9)6-4-2-1-3-5-6;3-2(4,5)1(6)7/h2-10,20H,1H3,(H,23,26)(H3,21,22,24,25,27,28);1-5H,(H2,7,8,9);(H,6,7). The van der Waals surface area contributed by atoms with Crippen molar-refractivity contribution in [1.29, 1.82) is 0 Å². The fourth-order valence-electron chi connectivity index (χ4n) is 3.66. The Morgan fingerprint density at radius 1 is 0.889 bits per heavy atom. The number of aromatic amines is 2. The summed E-state index contributed by atoms with van der Waals surface area (Å²) in [5.41, 5.74) is 3.86. The van der Waals surface area contributed by atoms with Crippen LogP contribution in [-0.2, 0) is 14.8 Å². The first-order chi connectivity index (χ1) is 21.3. The smallest absolute Gasteiger partial charge is 0.475 e. The maximum atomic E-state index is 10.6. The quantitative estimate of drug-likeness (QED) is 0.132. The van der Waals surface area contributed by atoms with Crippen LogP contribution in [0.15, 0.2) is 90.2 Å². The number of rotatable bonds is 6. The number of anilines is 5. The van der Waals surface area contributed by atoms with Gasteiger partial charge in [0, 0.05) is 35.3 Å². The van der Waals surface area contributed by atoms with E-state index < -0.39 is 22.2 Å². The Balaban J connectivity index is 0.000000223. The molecule has 0 saturated heterocycles. The normalized spacial score (nSPS) is 11.1. The van der Waals surface area contributed by atoms with Crippen molar-refractivity contribution in [3.05, 3.63) is 85.3 Å². The number of nitrogens with one attached hydrogen (secondary N) is 5. The lowest BCUT2D eigenvalue weighted by atomic mass is 10.2. The molecule has 45 heavy (non-hydrogen) atoms. The molecule has 3 aromatic heterocycles. The van der Waals surface area contributed by atoms with E-state index in [0.29, 0.717) is 17.5 Å². The summed E-state index contributed by atoms with van der Waals surface area (Å²) in [7, 11) is -1.62. The Bertz CT molecular complexity index is 2020. The molecule has 3 heterocycles. The first kappa shape index (κ1) is 32.2. The molecule has 0 fully saturated rings. The molecule has 8 N–H and O–H groups in total. The minimum absolute atomic E-state index is 0.148. The number of H-pyrrole nitrogens is 2. The lowest BCUT2D eigenvalue weighted by molar-refractivity contribution is -0.192. The predicted octanol–water partition coefficient (Wildman–Crippen LogP) is 4.73. The van der Waals surface area contributed by atoms with Gasteiger partial charge in [-0.2, -0.15) is 23.4 Å². The molecule has 0 atom stereocenters. The molecule has 14 nitrogen and oxygen atoms in total. The van der Waals surface area contributed by atoms with E-state index in [2.05, 4.69) is 46.3 Å². The van der Waals surface area contributed by atoms with Gasteiger partial charge in [0.1, 0.15) is 18.0 Å². The number of halogens is 3.